The zero-order chi connectivity index (χ0) is 12.7. The molecule has 17 heavy (non-hydrogen) atoms. The number of carbonyl (C=O) groups is 1. The molecule has 0 bridgehead atoms. The number of hydrogen-bond acceptors (Lipinski definition) is 3. The van der Waals surface area contributed by atoms with Gasteiger partial charge in [0, 0.05) is 12.6 Å². The molecule has 0 aromatic rings. The maximum Gasteiger partial charge on any atom is 0.227 e. The number of amides is 1. The van der Waals surface area contributed by atoms with Crippen LogP contribution in [0.3, 0.4) is 0 Å². The van der Waals surface area contributed by atoms with Gasteiger partial charge >= 0.3 is 0 Å². The largest absolute Gasteiger partial charge is 0.352 e. The predicted octanol–water partition coefficient (Wildman–Crippen LogP) is 1.57. The van der Waals surface area contributed by atoms with Crippen LogP contribution >= 0.6 is 0 Å². The molecule has 4 heteroatoms. The van der Waals surface area contributed by atoms with Gasteiger partial charge in [-0.05, 0) is 25.8 Å². The van der Waals surface area contributed by atoms with Crippen LogP contribution in [0.2, 0.25) is 0 Å². The molecule has 2 unspecified atom stereocenters. The van der Waals surface area contributed by atoms with Crippen molar-refractivity contribution >= 4 is 5.91 Å². The lowest BCUT2D eigenvalue weighted by atomic mass is 9.81. The molecule has 1 heterocycles. The molecule has 1 aliphatic heterocycles. The monoisotopic (exact) mass is 237 g/mol. The Hall–Kier alpha value is -1.08. The Bertz CT molecular complexity index is 290. The lowest BCUT2D eigenvalue weighted by Crippen LogP contribution is -2.46. The van der Waals surface area contributed by atoms with Gasteiger partial charge < -0.3 is 10.6 Å². The summed E-state index contributed by atoms with van der Waals surface area (Å²) in [5, 5.41) is 15.0. The van der Waals surface area contributed by atoms with Gasteiger partial charge in [0.1, 0.15) is 0 Å². The van der Waals surface area contributed by atoms with Crippen LogP contribution in [0.5, 0.6) is 0 Å². The molecule has 1 rings (SSSR count). The van der Waals surface area contributed by atoms with E-state index >= 15 is 0 Å². The summed E-state index contributed by atoms with van der Waals surface area (Å²) in [5.74, 6) is 0.131. The number of rotatable bonds is 6. The lowest BCUT2D eigenvalue weighted by molar-refractivity contribution is -0.131. The van der Waals surface area contributed by atoms with Crippen LogP contribution in [0.25, 0.3) is 0 Å². The summed E-state index contributed by atoms with van der Waals surface area (Å²) in [6.45, 7) is 5.81. The van der Waals surface area contributed by atoms with E-state index < -0.39 is 0 Å². The Morgan fingerprint density at radius 3 is 2.82 bits per heavy atom. The molecular formula is C13H23N3O. The number of nitrogens with one attached hydrogen (secondary N) is 2. The molecule has 1 amide bonds. The first-order valence-corrected chi connectivity index (χ1v) is 6.57. The van der Waals surface area contributed by atoms with Gasteiger partial charge in [-0.2, -0.15) is 5.26 Å². The van der Waals surface area contributed by atoms with E-state index in [1.165, 1.54) is 0 Å². The lowest BCUT2D eigenvalue weighted by Gasteiger charge is -2.28. The highest BCUT2D eigenvalue weighted by atomic mass is 16.2. The van der Waals surface area contributed by atoms with Crippen molar-refractivity contribution in [2.45, 2.75) is 52.0 Å². The molecule has 96 valence electrons. The summed E-state index contributed by atoms with van der Waals surface area (Å²) in [7, 11) is 0. The zero-order valence-electron chi connectivity index (χ0n) is 10.9. The van der Waals surface area contributed by atoms with Crippen molar-refractivity contribution < 1.29 is 4.79 Å². The Morgan fingerprint density at radius 1 is 1.59 bits per heavy atom. The normalized spacial score (nSPS) is 25.2. The smallest absolute Gasteiger partial charge is 0.227 e. The second-order valence-corrected chi connectivity index (χ2v) is 4.90. The number of nitriles is 1. The molecule has 0 spiro atoms. The minimum absolute atomic E-state index is 0.00170. The van der Waals surface area contributed by atoms with E-state index in [4.69, 9.17) is 5.26 Å². The minimum Gasteiger partial charge on any atom is -0.352 e. The maximum absolute atomic E-state index is 12.3. The van der Waals surface area contributed by atoms with E-state index in [9.17, 15) is 4.79 Å². The van der Waals surface area contributed by atoms with Crippen molar-refractivity contribution in [1.82, 2.24) is 10.6 Å². The second-order valence-electron chi connectivity index (χ2n) is 4.90. The van der Waals surface area contributed by atoms with Gasteiger partial charge in [-0.1, -0.05) is 20.3 Å². The summed E-state index contributed by atoms with van der Waals surface area (Å²) >= 11 is 0. The quantitative estimate of drug-likeness (QED) is 0.737. The van der Waals surface area contributed by atoms with E-state index in [2.05, 4.69) is 23.6 Å². The van der Waals surface area contributed by atoms with Gasteiger partial charge in [0.15, 0.2) is 0 Å². The summed E-state index contributed by atoms with van der Waals surface area (Å²) < 4.78 is 0. The molecule has 0 saturated carbocycles. The molecular weight excluding hydrogens is 214 g/mol. The van der Waals surface area contributed by atoms with Crippen LogP contribution in [0, 0.1) is 16.7 Å². The third-order valence-electron chi connectivity index (χ3n) is 3.62. The van der Waals surface area contributed by atoms with E-state index in [0.29, 0.717) is 6.42 Å². The van der Waals surface area contributed by atoms with Crippen molar-refractivity contribution in [3.63, 3.8) is 0 Å². The predicted molar refractivity (Wildman–Crippen MR) is 67.3 cm³/mol. The van der Waals surface area contributed by atoms with Crippen LogP contribution in [0.4, 0.5) is 0 Å². The first-order chi connectivity index (χ1) is 8.18. The summed E-state index contributed by atoms with van der Waals surface area (Å²) in [4.78, 5) is 12.3. The van der Waals surface area contributed by atoms with Crippen molar-refractivity contribution in [1.29, 1.82) is 5.26 Å². The Balaban J connectivity index is 2.62. The first-order valence-electron chi connectivity index (χ1n) is 6.57. The average Bonchev–Trinajstić information content (AvgIpc) is 2.78. The van der Waals surface area contributed by atoms with Crippen molar-refractivity contribution in [3.8, 4) is 6.07 Å². The van der Waals surface area contributed by atoms with E-state index in [1.807, 2.05) is 6.92 Å². The maximum atomic E-state index is 12.3. The third kappa shape index (κ3) is 3.44. The van der Waals surface area contributed by atoms with Gasteiger partial charge in [0.05, 0.1) is 17.9 Å². The highest BCUT2D eigenvalue weighted by Gasteiger charge is 2.40. The van der Waals surface area contributed by atoms with Gasteiger partial charge in [-0.3, -0.25) is 4.79 Å². The van der Waals surface area contributed by atoms with Gasteiger partial charge in [0.25, 0.3) is 0 Å². The third-order valence-corrected chi connectivity index (χ3v) is 3.62. The Labute approximate surface area is 104 Å². The van der Waals surface area contributed by atoms with Crippen molar-refractivity contribution in [3.05, 3.63) is 0 Å². The number of nitrogens with zero attached hydrogens (tertiary/aromatic N) is 1. The molecule has 0 radical (unpaired) electrons. The topological polar surface area (TPSA) is 64.9 Å². The molecule has 1 aliphatic rings. The van der Waals surface area contributed by atoms with Crippen molar-refractivity contribution in [2.24, 2.45) is 5.41 Å². The first kappa shape index (κ1) is 14.0. The van der Waals surface area contributed by atoms with Crippen LogP contribution in [-0.2, 0) is 4.79 Å². The van der Waals surface area contributed by atoms with Crippen LogP contribution in [0.1, 0.15) is 46.0 Å². The SMILES string of the molecule is CCCC1(C(=O)NC(CC)CC#N)CCNC1. The van der Waals surface area contributed by atoms with E-state index in [0.717, 1.165) is 38.8 Å². The van der Waals surface area contributed by atoms with Gasteiger partial charge in [-0.15, -0.1) is 0 Å². The van der Waals surface area contributed by atoms with Crippen LogP contribution in [0.15, 0.2) is 0 Å². The molecule has 0 aliphatic carbocycles. The van der Waals surface area contributed by atoms with E-state index in [1.54, 1.807) is 0 Å². The summed E-state index contributed by atoms with van der Waals surface area (Å²) in [6, 6.07) is 2.13. The molecule has 2 atom stereocenters. The number of carbonyl (C=O) groups excluding carboxylic acids is 1. The average molecular weight is 237 g/mol. The highest BCUT2D eigenvalue weighted by Crippen LogP contribution is 2.31. The fraction of sp³-hybridized carbons (Fsp3) is 0.846. The standard InChI is InChI=1S/C13H23N3O/c1-3-6-13(7-9-15-10-13)12(17)16-11(4-2)5-8-14/h11,15H,3-7,9-10H2,1-2H3,(H,16,17). The van der Waals surface area contributed by atoms with E-state index in [-0.39, 0.29) is 17.4 Å². The zero-order valence-corrected chi connectivity index (χ0v) is 10.9. The molecule has 0 aromatic carbocycles. The van der Waals surface area contributed by atoms with Gasteiger partial charge in [0.2, 0.25) is 5.91 Å². The molecule has 0 aromatic heterocycles. The highest BCUT2D eigenvalue weighted by molar-refractivity contribution is 5.83. The van der Waals surface area contributed by atoms with Gasteiger partial charge in [-0.25, -0.2) is 0 Å². The van der Waals surface area contributed by atoms with Crippen LogP contribution in [-0.4, -0.2) is 25.0 Å². The Kier molecular flexibility index (Phi) is 5.43. The Morgan fingerprint density at radius 2 is 2.35 bits per heavy atom. The van der Waals surface area contributed by atoms with Crippen LogP contribution < -0.4 is 10.6 Å². The minimum atomic E-state index is -0.238. The second kappa shape index (κ2) is 6.61. The fourth-order valence-corrected chi connectivity index (χ4v) is 2.49. The molecule has 2 N–H and O–H groups in total. The summed E-state index contributed by atoms with van der Waals surface area (Å²) in [6.07, 6.45) is 4.07. The molecule has 1 saturated heterocycles. The fourth-order valence-electron chi connectivity index (χ4n) is 2.49. The molecule has 1 fully saturated rings. The number of hydrogen-bond donors (Lipinski definition) is 2. The summed E-state index contributed by atoms with van der Waals surface area (Å²) in [5.41, 5.74) is -0.238. The van der Waals surface area contributed by atoms with Crippen molar-refractivity contribution in [2.75, 3.05) is 13.1 Å². The molecule has 4 nitrogen and oxygen atoms in total.